The molecule has 0 aliphatic carbocycles. The van der Waals surface area contributed by atoms with Gasteiger partial charge in [-0.1, -0.05) is 23.2 Å². The number of nitrogens with zero attached hydrogens (tertiary/aromatic N) is 4. The molecule has 5 nitrogen and oxygen atoms in total. The lowest BCUT2D eigenvalue weighted by atomic mass is 10.3. The van der Waals surface area contributed by atoms with Crippen LogP contribution in [0.15, 0.2) is 12.1 Å². The molecule has 3 aromatic heterocycles. The number of aromatic amines is 1. The van der Waals surface area contributed by atoms with E-state index in [-0.39, 0.29) is 5.15 Å². The Hall–Kier alpha value is -1.59. The van der Waals surface area contributed by atoms with Gasteiger partial charge in [0.2, 0.25) is 0 Å². The minimum atomic E-state index is 0.249. The van der Waals surface area contributed by atoms with Gasteiger partial charge in [0.1, 0.15) is 10.8 Å². The third-order valence-corrected chi connectivity index (χ3v) is 3.41. The fraction of sp³-hybridized carbons (Fsp3) is 0.182. The number of aromatic nitrogens is 5. The maximum atomic E-state index is 5.91. The largest absolute Gasteiger partial charge is 0.335 e. The highest BCUT2D eigenvalue weighted by molar-refractivity contribution is 6.41. The zero-order valence-corrected chi connectivity index (χ0v) is 11.2. The van der Waals surface area contributed by atoms with Crippen molar-refractivity contribution in [3.8, 4) is 11.5 Å². The van der Waals surface area contributed by atoms with E-state index in [1.807, 2.05) is 20.0 Å². The third-order valence-electron chi connectivity index (χ3n) is 2.74. The highest BCUT2D eigenvalue weighted by Gasteiger charge is 2.12. The highest BCUT2D eigenvalue weighted by atomic mass is 35.5. The Morgan fingerprint density at radius 3 is 2.67 bits per heavy atom. The molecule has 3 rings (SSSR count). The molecule has 0 aliphatic heterocycles. The molecular formula is C11H9Cl2N5. The number of hydrogen-bond acceptors (Lipinski definition) is 3. The predicted molar refractivity (Wildman–Crippen MR) is 70.8 cm³/mol. The smallest absolute Gasteiger partial charge is 0.179 e. The van der Waals surface area contributed by atoms with E-state index in [0.29, 0.717) is 16.5 Å². The molecule has 0 saturated heterocycles. The van der Waals surface area contributed by atoms with Crippen molar-refractivity contribution < 1.29 is 0 Å². The monoisotopic (exact) mass is 281 g/mol. The van der Waals surface area contributed by atoms with Crippen molar-refractivity contribution in [2.24, 2.45) is 7.05 Å². The molecule has 0 spiro atoms. The second-order valence-electron chi connectivity index (χ2n) is 4.01. The van der Waals surface area contributed by atoms with E-state index in [1.165, 1.54) is 0 Å². The van der Waals surface area contributed by atoms with Gasteiger partial charge in [-0.25, -0.2) is 9.97 Å². The molecule has 7 heteroatoms. The van der Waals surface area contributed by atoms with Crippen molar-refractivity contribution in [1.82, 2.24) is 24.7 Å². The van der Waals surface area contributed by atoms with Crippen LogP contribution >= 0.6 is 23.2 Å². The molecule has 0 amide bonds. The van der Waals surface area contributed by atoms with Gasteiger partial charge in [-0.3, -0.25) is 4.68 Å². The SMILES string of the molecule is Cc1cc(-c2nc3nc(Cl)c(Cl)cc3[nH]2)nn1C. The van der Waals surface area contributed by atoms with Crippen LogP contribution in [-0.2, 0) is 7.05 Å². The summed E-state index contributed by atoms with van der Waals surface area (Å²) in [6.45, 7) is 1.98. The van der Waals surface area contributed by atoms with E-state index in [9.17, 15) is 0 Å². The topological polar surface area (TPSA) is 59.4 Å². The molecule has 0 unspecified atom stereocenters. The van der Waals surface area contributed by atoms with Crippen molar-refractivity contribution >= 4 is 34.4 Å². The van der Waals surface area contributed by atoms with Crippen LogP contribution in [0.25, 0.3) is 22.7 Å². The van der Waals surface area contributed by atoms with Crippen LogP contribution in [0.5, 0.6) is 0 Å². The first-order chi connectivity index (χ1) is 8.54. The van der Waals surface area contributed by atoms with Gasteiger partial charge in [-0.05, 0) is 19.1 Å². The lowest BCUT2D eigenvalue weighted by Gasteiger charge is -1.92. The maximum Gasteiger partial charge on any atom is 0.179 e. The molecule has 3 aromatic rings. The number of pyridine rings is 1. The van der Waals surface area contributed by atoms with Crippen molar-refractivity contribution in [2.75, 3.05) is 0 Å². The minimum absolute atomic E-state index is 0.249. The summed E-state index contributed by atoms with van der Waals surface area (Å²) in [7, 11) is 1.88. The quantitative estimate of drug-likeness (QED) is 0.698. The summed E-state index contributed by atoms with van der Waals surface area (Å²) in [6, 6.07) is 3.65. The Morgan fingerprint density at radius 2 is 2.00 bits per heavy atom. The molecule has 0 saturated carbocycles. The average Bonchev–Trinajstić information content (AvgIpc) is 2.84. The summed E-state index contributed by atoms with van der Waals surface area (Å²) < 4.78 is 1.79. The average molecular weight is 282 g/mol. The fourth-order valence-electron chi connectivity index (χ4n) is 1.69. The number of rotatable bonds is 1. The van der Waals surface area contributed by atoms with Gasteiger partial charge in [0.15, 0.2) is 11.5 Å². The summed E-state index contributed by atoms with van der Waals surface area (Å²) in [5, 5.41) is 5.00. The van der Waals surface area contributed by atoms with E-state index in [2.05, 4.69) is 20.1 Å². The van der Waals surface area contributed by atoms with Gasteiger partial charge in [0.25, 0.3) is 0 Å². The number of aryl methyl sites for hydroxylation is 2. The number of nitrogens with one attached hydrogen (secondary N) is 1. The normalized spacial score (nSPS) is 11.3. The highest BCUT2D eigenvalue weighted by Crippen LogP contribution is 2.25. The van der Waals surface area contributed by atoms with Crippen LogP contribution in [0.2, 0.25) is 10.2 Å². The number of fused-ring (bicyclic) bond motifs is 1. The molecule has 0 fully saturated rings. The second kappa shape index (κ2) is 3.96. The second-order valence-corrected chi connectivity index (χ2v) is 4.78. The van der Waals surface area contributed by atoms with Crippen LogP contribution in [0.1, 0.15) is 5.69 Å². The number of H-pyrrole nitrogens is 1. The molecule has 0 aliphatic rings. The third kappa shape index (κ3) is 1.76. The van der Waals surface area contributed by atoms with Crippen molar-refractivity contribution in [3.63, 3.8) is 0 Å². The van der Waals surface area contributed by atoms with Crippen LogP contribution < -0.4 is 0 Å². The minimum Gasteiger partial charge on any atom is -0.335 e. The van der Waals surface area contributed by atoms with E-state index >= 15 is 0 Å². The summed E-state index contributed by atoms with van der Waals surface area (Å²) in [6.07, 6.45) is 0. The van der Waals surface area contributed by atoms with Crippen molar-refractivity contribution in [2.45, 2.75) is 6.92 Å². The molecule has 0 bridgehead atoms. The van der Waals surface area contributed by atoms with Gasteiger partial charge in [-0.2, -0.15) is 5.10 Å². The van der Waals surface area contributed by atoms with Crippen molar-refractivity contribution in [3.05, 3.63) is 28.0 Å². The Labute approximate surface area is 113 Å². The molecule has 0 radical (unpaired) electrons. The lowest BCUT2D eigenvalue weighted by Crippen LogP contribution is -1.92. The molecule has 92 valence electrons. The van der Waals surface area contributed by atoms with E-state index in [4.69, 9.17) is 23.2 Å². The summed E-state index contributed by atoms with van der Waals surface area (Å²) in [5.74, 6) is 0.652. The first-order valence-electron chi connectivity index (χ1n) is 5.27. The van der Waals surface area contributed by atoms with Crippen LogP contribution in [0, 0.1) is 6.92 Å². The molecular weight excluding hydrogens is 273 g/mol. The van der Waals surface area contributed by atoms with E-state index < -0.39 is 0 Å². The first kappa shape index (κ1) is 11.5. The van der Waals surface area contributed by atoms with Gasteiger partial charge < -0.3 is 4.98 Å². The van der Waals surface area contributed by atoms with E-state index in [0.717, 1.165) is 16.9 Å². The number of halogens is 2. The summed E-state index contributed by atoms with van der Waals surface area (Å²) in [5.41, 5.74) is 3.08. The zero-order chi connectivity index (χ0) is 12.9. The van der Waals surface area contributed by atoms with Crippen LogP contribution in [0.3, 0.4) is 0 Å². The fourth-order valence-corrected chi connectivity index (χ4v) is 1.98. The molecule has 18 heavy (non-hydrogen) atoms. The molecule has 0 aromatic carbocycles. The maximum absolute atomic E-state index is 5.91. The lowest BCUT2D eigenvalue weighted by molar-refractivity contribution is 0.741. The number of imidazole rings is 1. The zero-order valence-electron chi connectivity index (χ0n) is 9.70. The Kier molecular flexibility index (Phi) is 2.53. The van der Waals surface area contributed by atoms with Gasteiger partial charge in [-0.15, -0.1) is 0 Å². The standard InChI is InChI=1S/C11H9Cl2N5/c1-5-3-8(17-18(5)2)11-14-7-4-6(12)9(13)15-10(7)16-11/h3-4H,1-2H3,(H,14,15,16). The summed E-state index contributed by atoms with van der Waals surface area (Å²) >= 11 is 11.8. The van der Waals surface area contributed by atoms with E-state index in [1.54, 1.807) is 10.7 Å². The Bertz CT molecular complexity index is 685. The molecule has 0 atom stereocenters. The summed E-state index contributed by atoms with van der Waals surface area (Å²) in [4.78, 5) is 11.6. The van der Waals surface area contributed by atoms with Gasteiger partial charge in [0, 0.05) is 12.7 Å². The first-order valence-corrected chi connectivity index (χ1v) is 6.03. The van der Waals surface area contributed by atoms with Gasteiger partial charge >= 0.3 is 0 Å². The van der Waals surface area contributed by atoms with Crippen molar-refractivity contribution in [1.29, 1.82) is 0 Å². The van der Waals surface area contributed by atoms with Crippen LogP contribution in [-0.4, -0.2) is 24.7 Å². The predicted octanol–water partition coefficient (Wildman–Crippen LogP) is 2.97. The Morgan fingerprint density at radius 1 is 1.22 bits per heavy atom. The van der Waals surface area contributed by atoms with Gasteiger partial charge in [0.05, 0.1) is 10.5 Å². The number of hydrogen-bond donors (Lipinski definition) is 1. The van der Waals surface area contributed by atoms with Crippen LogP contribution in [0.4, 0.5) is 0 Å². The Balaban J connectivity index is 2.19. The molecule has 1 N–H and O–H groups in total. The molecule has 3 heterocycles.